The lowest BCUT2D eigenvalue weighted by molar-refractivity contribution is -0.114. The average Bonchev–Trinajstić information content (AvgIpc) is 3.12. The highest BCUT2D eigenvalue weighted by molar-refractivity contribution is 5.95. The smallest absolute Gasteiger partial charge is 0.343 e. The predicted octanol–water partition coefficient (Wildman–Crippen LogP) is 4.07. The van der Waals surface area contributed by atoms with Gasteiger partial charge in [0.25, 0.3) is 0 Å². The van der Waals surface area contributed by atoms with Crippen molar-refractivity contribution in [3.05, 3.63) is 72.4 Å². The summed E-state index contributed by atoms with van der Waals surface area (Å²) in [6.07, 6.45) is 1.66. The van der Waals surface area contributed by atoms with Gasteiger partial charge in [-0.25, -0.2) is 9.78 Å². The Bertz CT molecular complexity index is 1170. The van der Waals surface area contributed by atoms with Crippen LogP contribution in [-0.4, -0.2) is 21.8 Å². The van der Waals surface area contributed by atoms with E-state index < -0.39 is 5.97 Å². The topological polar surface area (TPSA) is 94.3 Å². The van der Waals surface area contributed by atoms with Gasteiger partial charge in [0, 0.05) is 24.9 Å². The molecule has 0 aliphatic heterocycles. The number of ether oxygens (including phenoxy) is 1. The number of nitrogens with zero attached hydrogens (tertiary/aromatic N) is 2. The second-order valence-electron chi connectivity index (χ2n) is 6.02. The van der Waals surface area contributed by atoms with Gasteiger partial charge in [0.15, 0.2) is 5.58 Å². The Kier molecular flexibility index (Phi) is 4.55. The molecule has 0 radical (unpaired) electrons. The lowest BCUT2D eigenvalue weighted by Gasteiger charge is -2.06. The fourth-order valence-electron chi connectivity index (χ4n) is 2.66. The number of oxazole rings is 1. The van der Waals surface area contributed by atoms with Crippen LogP contribution in [0.1, 0.15) is 17.3 Å². The van der Waals surface area contributed by atoms with Crippen molar-refractivity contribution in [1.29, 1.82) is 0 Å². The number of esters is 1. The number of nitrogens with one attached hydrogen (secondary N) is 1. The molecule has 4 rings (SSSR count). The number of amides is 1. The fourth-order valence-corrected chi connectivity index (χ4v) is 2.66. The van der Waals surface area contributed by atoms with Gasteiger partial charge in [-0.15, -0.1) is 0 Å². The van der Waals surface area contributed by atoms with E-state index in [0.717, 1.165) is 0 Å². The standard InChI is InChI=1S/C21H15N3O4/c1-13(25)23-15-6-4-5-14(11-15)21(26)27-16-8-9-17-19(12-16)28-20(24-17)18-7-2-3-10-22-18/h2-12H,1H3,(H,23,25). The molecule has 0 aliphatic rings. The van der Waals surface area contributed by atoms with E-state index in [1.807, 2.05) is 12.1 Å². The highest BCUT2D eigenvalue weighted by Crippen LogP contribution is 2.26. The first-order chi connectivity index (χ1) is 13.6. The summed E-state index contributed by atoms with van der Waals surface area (Å²) in [6.45, 7) is 1.40. The lowest BCUT2D eigenvalue weighted by Crippen LogP contribution is -2.10. The third-order valence-electron chi connectivity index (χ3n) is 3.87. The van der Waals surface area contributed by atoms with Crippen molar-refractivity contribution in [3.8, 4) is 17.3 Å². The summed E-state index contributed by atoms with van der Waals surface area (Å²) in [5, 5.41) is 2.63. The molecular weight excluding hydrogens is 358 g/mol. The number of hydrogen-bond donors (Lipinski definition) is 1. The number of hydrogen-bond acceptors (Lipinski definition) is 6. The van der Waals surface area contributed by atoms with Gasteiger partial charge in [0.1, 0.15) is 17.0 Å². The zero-order valence-electron chi connectivity index (χ0n) is 14.9. The zero-order valence-corrected chi connectivity index (χ0v) is 14.9. The van der Waals surface area contributed by atoms with Crippen LogP contribution in [-0.2, 0) is 4.79 Å². The quantitative estimate of drug-likeness (QED) is 0.428. The second-order valence-corrected chi connectivity index (χ2v) is 6.02. The third kappa shape index (κ3) is 3.73. The molecule has 2 aromatic carbocycles. The minimum absolute atomic E-state index is 0.218. The monoisotopic (exact) mass is 373 g/mol. The molecule has 0 saturated heterocycles. The minimum atomic E-state index is -0.545. The van der Waals surface area contributed by atoms with Crippen molar-refractivity contribution in [2.75, 3.05) is 5.32 Å². The predicted molar refractivity (Wildman–Crippen MR) is 103 cm³/mol. The fraction of sp³-hybridized carbons (Fsp3) is 0.0476. The van der Waals surface area contributed by atoms with Gasteiger partial charge in [-0.3, -0.25) is 9.78 Å². The molecule has 7 heteroatoms. The molecule has 0 bridgehead atoms. The van der Waals surface area contributed by atoms with E-state index in [1.54, 1.807) is 54.7 Å². The molecule has 4 aromatic rings. The van der Waals surface area contributed by atoms with E-state index in [9.17, 15) is 9.59 Å². The van der Waals surface area contributed by atoms with E-state index in [2.05, 4.69) is 15.3 Å². The SMILES string of the molecule is CC(=O)Nc1cccc(C(=O)Oc2ccc3nc(-c4ccccn4)oc3c2)c1. The number of anilines is 1. The van der Waals surface area contributed by atoms with Crippen molar-refractivity contribution >= 4 is 28.7 Å². The maximum Gasteiger partial charge on any atom is 0.343 e. The number of benzene rings is 2. The molecule has 0 unspecified atom stereocenters. The Hall–Kier alpha value is -4.00. The number of pyridine rings is 1. The molecule has 7 nitrogen and oxygen atoms in total. The minimum Gasteiger partial charge on any atom is -0.435 e. The lowest BCUT2D eigenvalue weighted by atomic mass is 10.2. The zero-order chi connectivity index (χ0) is 19.5. The molecule has 0 aliphatic carbocycles. The highest BCUT2D eigenvalue weighted by atomic mass is 16.5. The number of carbonyl (C=O) groups excluding carboxylic acids is 2. The van der Waals surface area contributed by atoms with Crippen LogP contribution in [0.25, 0.3) is 22.7 Å². The van der Waals surface area contributed by atoms with Gasteiger partial charge in [-0.2, -0.15) is 0 Å². The molecule has 1 amide bonds. The molecule has 0 saturated carbocycles. The number of fused-ring (bicyclic) bond motifs is 1. The number of aromatic nitrogens is 2. The molecule has 0 atom stereocenters. The van der Waals surface area contributed by atoms with Gasteiger partial charge in [-0.05, 0) is 42.5 Å². The van der Waals surface area contributed by atoms with Gasteiger partial charge >= 0.3 is 5.97 Å². The summed E-state index contributed by atoms with van der Waals surface area (Å²) in [7, 11) is 0. The summed E-state index contributed by atoms with van der Waals surface area (Å²) >= 11 is 0. The van der Waals surface area contributed by atoms with E-state index >= 15 is 0 Å². The van der Waals surface area contributed by atoms with Crippen LogP contribution in [0.5, 0.6) is 5.75 Å². The summed E-state index contributed by atoms with van der Waals surface area (Å²) in [5.74, 6) is -0.0470. The molecule has 138 valence electrons. The van der Waals surface area contributed by atoms with Gasteiger partial charge in [-0.1, -0.05) is 12.1 Å². The summed E-state index contributed by atoms with van der Waals surface area (Å²) < 4.78 is 11.2. The molecular formula is C21H15N3O4. The van der Waals surface area contributed by atoms with Crippen LogP contribution >= 0.6 is 0 Å². The van der Waals surface area contributed by atoms with Gasteiger partial charge in [0.05, 0.1) is 5.56 Å². The van der Waals surface area contributed by atoms with E-state index in [-0.39, 0.29) is 5.91 Å². The molecule has 28 heavy (non-hydrogen) atoms. The highest BCUT2D eigenvalue weighted by Gasteiger charge is 2.13. The first-order valence-electron chi connectivity index (χ1n) is 8.50. The van der Waals surface area contributed by atoms with Crippen molar-refractivity contribution in [2.24, 2.45) is 0 Å². The molecule has 2 heterocycles. The number of rotatable bonds is 4. The Morgan fingerprint density at radius 1 is 1.04 bits per heavy atom. The van der Waals surface area contributed by atoms with Crippen LogP contribution < -0.4 is 10.1 Å². The Morgan fingerprint density at radius 3 is 2.71 bits per heavy atom. The van der Waals surface area contributed by atoms with Crippen LogP contribution in [0.15, 0.2) is 71.3 Å². The molecule has 0 fully saturated rings. The van der Waals surface area contributed by atoms with Crippen LogP contribution in [0.2, 0.25) is 0 Å². The summed E-state index contributed by atoms with van der Waals surface area (Å²) in [5.41, 5.74) is 2.57. The molecule has 1 N–H and O–H groups in total. The van der Waals surface area contributed by atoms with Crippen molar-refractivity contribution in [2.45, 2.75) is 6.92 Å². The third-order valence-corrected chi connectivity index (χ3v) is 3.87. The normalized spacial score (nSPS) is 10.6. The van der Waals surface area contributed by atoms with E-state index in [0.29, 0.717) is 39.7 Å². The first-order valence-corrected chi connectivity index (χ1v) is 8.50. The van der Waals surface area contributed by atoms with Crippen molar-refractivity contribution in [1.82, 2.24) is 9.97 Å². The summed E-state index contributed by atoms with van der Waals surface area (Å²) in [6, 6.07) is 16.9. The average molecular weight is 373 g/mol. The van der Waals surface area contributed by atoms with E-state index in [4.69, 9.17) is 9.15 Å². The maximum absolute atomic E-state index is 12.4. The Labute approximate surface area is 160 Å². The van der Waals surface area contributed by atoms with E-state index in [1.165, 1.54) is 6.92 Å². The summed E-state index contributed by atoms with van der Waals surface area (Å²) in [4.78, 5) is 32.2. The van der Waals surface area contributed by atoms with Gasteiger partial charge < -0.3 is 14.5 Å². The van der Waals surface area contributed by atoms with Crippen LogP contribution in [0.3, 0.4) is 0 Å². The van der Waals surface area contributed by atoms with Crippen molar-refractivity contribution < 1.29 is 18.7 Å². The Balaban J connectivity index is 1.56. The first kappa shape index (κ1) is 17.4. The Morgan fingerprint density at radius 2 is 1.93 bits per heavy atom. The largest absolute Gasteiger partial charge is 0.435 e. The number of carbonyl (C=O) groups is 2. The van der Waals surface area contributed by atoms with Gasteiger partial charge in [0.2, 0.25) is 11.8 Å². The maximum atomic E-state index is 12.4. The molecule has 0 spiro atoms. The second kappa shape index (κ2) is 7.32. The van der Waals surface area contributed by atoms with Crippen molar-refractivity contribution in [3.63, 3.8) is 0 Å². The van der Waals surface area contributed by atoms with Crippen LogP contribution in [0, 0.1) is 0 Å². The molecule has 2 aromatic heterocycles. The van der Waals surface area contributed by atoms with Crippen LogP contribution in [0.4, 0.5) is 5.69 Å².